The Labute approximate surface area is 156 Å². The number of carboxylic acids is 2. The van der Waals surface area contributed by atoms with Crippen molar-refractivity contribution in [1.82, 2.24) is 0 Å². The molecule has 0 amide bonds. The lowest BCUT2D eigenvalue weighted by atomic mass is 10.1. The largest absolute Gasteiger partial charge is 0.478 e. The Kier molecular flexibility index (Phi) is 5.37. The zero-order valence-electron chi connectivity index (χ0n) is 10.1. The van der Waals surface area contributed by atoms with E-state index in [1.165, 1.54) is 0 Å². The van der Waals surface area contributed by atoms with Crippen molar-refractivity contribution in [3.8, 4) is 0 Å². The van der Waals surface area contributed by atoms with Gasteiger partial charge in [0.05, 0.1) is 24.0 Å². The topological polar surface area (TPSA) is 77.8 Å². The van der Waals surface area contributed by atoms with E-state index in [-0.39, 0.29) is 11.1 Å². The van der Waals surface area contributed by atoms with Crippen LogP contribution in [-0.4, -0.2) is 35.2 Å². The van der Waals surface area contributed by atoms with Gasteiger partial charge in [0.25, 0.3) is 0 Å². The first kappa shape index (κ1) is 16.5. The first-order valence-electron chi connectivity index (χ1n) is 5.78. The van der Waals surface area contributed by atoms with Crippen LogP contribution >= 0.6 is 67.8 Å². The van der Waals surface area contributed by atoms with Crippen molar-refractivity contribution < 1.29 is 19.8 Å². The summed E-state index contributed by atoms with van der Waals surface area (Å²) in [6.07, 6.45) is 2.09. The SMILES string of the molecule is O=C(O)c1c(I)c(C(=O)O)c(I)c(N2CCCC2)c1I. The number of benzene rings is 1. The van der Waals surface area contributed by atoms with E-state index in [4.69, 9.17) is 0 Å². The smallest absolute Gasteiger partial charge is 0.337 e. The standard InChI is InChI=1S/C12H10I3NO4/c13-7-5(11(17)18)8(14)10(16-3-1-2-4-16)9(15)6(7)12(19)20/h1-4H2,(H,17,18)(H,19,20). The minimum Gasteiger partial charge on any atom is -0.478 e. The summed E-state index contributed by atoms with van der Waals surface area (Å²) in [6, 6.07) is 0. The third-order valence-corrected chi connectivity index (χ3v) is 6.32. The molecule has 0 radical (unpaired) electrons. The second kappa shape index (κ2) is 6.50. The number of halogens is 3. The Hall–Kier alpha value is 0.150. The monoisotopic (exact) mass is 613 g/mol. The average molecular weight is 613 g/mol. The normalized spacial score (nSPS) is 14.7. The highest BCUT2D eigenvalue weighted by Gasteiger charge is 2.30. The summed E-state index contributed by atoms with van der Waals surface area (Å²) in [6.45, 7) is 1.68. The van der Waals surface area contributed by atoms with Gasteiger partial charge in [-0.15, -0.1) is 0 Å². The molecule has 1 aliphatic heterocycles. The zero-order valence-corrected chi connectivity index (χ0v) is 16.6. The number of carbonyl (C=O) groups is 2. The molecule has 0 saturated carbocycles. The molecule has 1 aliphatic rings. The molecule has 1 heterocycles. The van der Waals surface area contributed by atoms with Crippen LogP contribution in [0, 0.1) is 10.7 Å². The van der Waals surface area contributed by atoms with Crippen molar-refractivity contribution in [3.63, 3.8) is 0 Å². The molecule has 5 nitrogen and oxygen atoms in total. The molecule has 1 saturated heterocycles. The van der Waals surface area contributed by atoms with Crippen LogP contribution in [0.5, 0.6) is 0 Å². The van der Waals surface area contributed by atoms with Crippen LogP contribution in [0.4, 0.5) is 5.69 Å². The fraction of sp³-hybridized carbons (Fsp3) is 0.333. The van der Waals surface area contributed by atoms with Crippen molar-refractivity contribution >= 4 is 85.4 Å². The number of aromatic carboxylic acids is 2. The molecule has 0 spiro atoms. The van der Waals surface area contributed by atoms with Crippen molar-refractivity contribution in [2.75, 3.05) is 18.0 Å². The average Bonchev–Trinajstić information content (AvgIpc) is 2.80. The molecule has 2 N–H and O–H groups in total. The van der Waals surface area contributed by atoms with E-state index in [0.29, 0.717) is 10.7 Å². The number of hydrogen-bond donors (Lipinski definition) is 2. The van der Waals surface area contributed by atoms with Gasteiger partial charge in [-0.25, -0.2) is 9.59 Å². The van der Waals surface area contributed by atoms with Crippen LogP contribution in [0.3, 0.4) is 0 Å². The van der Waals surface area contributed by atoms with E-state index in [0.717, 1.165) is 31.6 Å². The van der Waals surface area contributed by atoms with Crippen molar-refractivity contribution in [3.05, 3.63) is 21.8 Å². The maximum Gasteiger partial charge on any atom is 0.337 e. The Balaban J connectivity index is 2.79. The molecule has 8 heteroatoms. The molecule has 108 valence electrons. The van der Waals surface area contributed by atoms with E-state index in [1.54, 1.807) is 0 Å². The molecule has 0 aliphatic carbocycles. The zero-order chi connectivity index (χ0) is 15.0. The number of nitrogens with zero attached hydrogens (tertiary/aromatic N) is 1. The highest BCUT2D eigenvalue weighted by Crippen LogP contribution is 2.39. The van der Waals surface area contributed by atoms with Crippen LogP contribution in [-0.2, 0) is 0 Å². The van der Waals surface area contributed by atoms with Crippen LogP contribution < -0.4 is 4.90 Å². The Morgan fingerprint density at radius 2 is 1.25 bits per heavy atom. The molecule has 0 atom stereocenters. The van der Waals surface area contributed by atoms with Crippen LogP contribution in [0.1, 0.15) is 33.6 Å². The first-order chi connectivity index (χ1) is 9.36. The number of anilines is 1. The number of carboxylic acid groups (broad SMARTS) is 2. The highest BCUT2D eigenvalue weighted by molar-refractivity contribution is 14.1. The number of hydrogen-bond acceptors (Lipinski definition) is 3. The maximum atomic E-state index is 11.5. The summed E-state index contributed by atoms with van der Waals surface area (Å²) in [5.41, 5.74) is 0.927. The molecule has 20 heavy (non-hydrogen) atoms. The van der Waals surface area contributed by atoms with E-state index >= 15 is 0 Å². The summed E-state index contributed by atoms with van der Waals surface area (Å²) in [5, 5.41) is 18.8. The molecule has 0 unspecified atom stereocenters. The third kappa shape index (κ3) is 2.87. The van der Waals surface area contributed by atoms with Gasteiger partial charge in [-0.3, -0.25) is 0 Å². The van der Waals surface area contributed by atoms with Crippen LogP contribution in [0.2, 0.25) is 0 Å². The van der Waals surface area contributed by atoms with Gasteiger partial charge in [-0.05, 0) is 80.6 Å². The van der Waals surface area contributed by atoms with Gasteiger partial charge in [-0.2, -0.15) is 0 Å². The summed E-state index contributed by atoms with van der Waals surface area (Å²) in [7, 11) is 0. The minimum atomic E-state index is -1.09. The minimum absolute atomic E-state index is 0.0888. The fourth-order valence-electron chi connectivity index (χ4n) is 2.24. The molecule has 2 rings (SSSR count). The third-order valence-electron chi connectivity index (χ3n) is 3.14. The lowest BCUT2D eigenvalue weighted by molar-refractivity contribution is 0.0694. The van der Waals surface area contributed by atoms with Gasteiger partial charge >= 0.3 is 11.9 Å². The van der Waals surface area contributed by atoms with Gasteiger partial charge in [0.1, 0.15) is 0 Å². The summed E-state index contributed by atoms with van der Waals surface area (Å²) < 4.78 is 1.53. The lowest BCUT2D eigenvalue weighted by Crippen LogP contribution is -2.24. The van der Waals surface area contributed by atoms with E-state index in [1.807, 2.05) is 67.8 Å². The van der Waals surface area contributed by atoms with Crippen molar-refractivity contribution in [2.45, 2.75) is 12.8 Å². The summed E-state index contributed by atoms with van der Waals surface area (Å²) in [5.74, 6) is -2.17. The summed E-state index contributed by atoms with van der Waals surface area (Å²) >= 11 is 5.84. The molecule has 1 fully saturated rings. The van der Waals surface area contributed by atoms with Crippen LogP contribution in [0.25, 0.3) is 0 Å². The van der Waals surface area contributed by atoms with Crippen molar-refractivity contribution in [2.24, 2.45) is 0 Å². The first-order valence-corrected chi connectivity index (χ1v) is 9.01. The second-order valence-corrected chi connectivity index (χ2v) is 7.58. The second-order valence-electron chi connectivity index (χ2n) is 4.35. The molecule has 1 aromatic carbocycles. The van der Waals surface area contributed by atoms with Gasteiger partial charge in [-0.1, -0.05) is 0 Å². The molecule has 0 bridgehead atoms. The van der Waals surface area contributed by atoms with E-state index in [9.17, 15) is 19.8 Å². The lowest BCUT2D eigenvalue weighted by Gasteiger charge is -2.24. The Morgan fingerprint density at radius 3 is 1.60 bits per heavy atom. The van der Waals surface area contributed by atoms with Gasteiger partial charge in [0, 0.05) is 16.7 Å². The summed E-state index contributed by atoms with van der Waals surface area (Å²) in [4.78, 5) is 25.0. The molecular weight excluding hydrogens is 603 g/mol. The Morgan fingerprint density at radius 1 is 0.850 bits per heavy atom. The van der Waals surface area contributed by atoms with Gasteiger partial charge in [0.15, 0.2) is 0 Å². The Bertz CT molecular complexity index is 556. The number of rotatable bonds is 3. The fourth-order valence-corrected chi connectivity index (χ4v) is 7.02. The molecule has 0 aromatic heterocycles. The molecule has 1 aromatic rings. The van der Waals surface area contributed by atoms with Crippen LogP contribution in [0.15, 0.2) is 0 Å². The van der Waals surface area contributed by atoms with Gasteiger partial charge < -0.3 is 15.1 Å². The van der Waals surface area contributed by atoms with E-state index < -0.39 is 11.9 Å². The van der Waals surface area contributed by atoms with E-state index in [2.05, 4.69) is 4.90 Å². The quantitative estimate of drug-likeness (QED) is 0.512. The highest BCUT2D eigenvalue weighted by atomic mass is 127. The predicted molar refractivity (Wildman–Crippen MR) is 100.0 cm³/mol. The van der Waals surface area contributed by atoms with Gasteiger partial charge in [0.2, 0.25) is 0 Å². The molecular formula is C12H10I3NO4. The van der Waals surface area contributed by atoms with Crippen molar-refractivity contribution in [1.29, 1.82) is 0 Å². The predicted octanol–water partition coefficient (Wildman–Crippen LogP) is 3.50. The maximum absolute atomic E-state index is 11.5.